The molecule has 0 spiro atoms. The van der Waals surface area contributed by atoms with Crippen LogP contribution in [-0.4, -0.2) is 23.0 Å². The molecule has 0 aromatic heterocycles. The van der Waals surface area contributed by atoms with Gasteiger partial charge in [0.1, 0.15) is 6.04 Å². The summed E-state index contributed by atoms with van der Waals surface area (Å²) >= 11 is 0. The molecular formula is C15H21NO3. The number of nitrogens with one attached hydrogen (secondary N) is 1. The van der Waals surface area contributed by atoms with Gasteiger partial charge in [-0.25, -0.2) is 0 Å². The Balaban J connectivity index is 3.28. The first-order chi connectivity index (χ1) is 8.68. The maximum atomic E-state index is 12.2. The van der Waals surface area contributed by atoms with Crippen LogP contribution in [-0.2, 0) is 4.79 Å². The van der Waals surface area contributed by atoms with E-state index in [1.54, 1.807) is 0 Å². The van der Waals surface area contributed by atoms with Gasteiger partial charge in [0.05, 0.1) is 0 Å². The van der Waals surface area contributed by atoms with E-state index in [1.165, 1.54) is 12.5 Å². The first kappa shape index (κ1) is 15.2. The summed E-state index contributed by atoms with van der Waals surface area (Å²) in [6.07, 6.45) is 0. The van der Waals surface area contributed by atoms with E-state index in [4.69, 9.17) is 5.11 Å². The van der Waals surface area contributed by atoms with Gasteiger partial charge in [-0.15, -0.1) is 0 Å². The molecular weight excluding hydrogens is 242 g/mol. The van der Waals surface area contributed by atoms with Crippen molar-refractivity contribution in [1.82, 2.24) is 5.32 Å². The summed E-state index contributed by atoms with van der Waals surface area (Å²) in [5.74, 6) is -1.36. The average Bonchev–Trinajstić information content (AvgIpc) is 2.34. The number of hydrogen-bond donors (Lipinski definition) is 2. The molecule has 1 amide bonds. The fraction of sp³-hybridized carbons (Fsp3) is 0.467. The largest absolute Gasteiger partial charge is 0.480 e. The van der Waals surface area contributed by atoms with Crippen LogP contribution in [0.15, 0.2) is 0 Å². The van der Waals surface area contributed by atoms with E-state index in [2.05, 4.69) is 5.32 Å². The molecule has 1 rings (SSSR count). The molecule has 104 valence electrons. The average molecular weight is 263 g/mol. The number of amides is 1. The molecule has 0 aliphatic rings. The Morgan fingerprint density at radius 1 is 0.895 bits per heavy atom. The molecule has 4 nitrogen and oxygen atoms in total. The number of rotatable bonds is 3. The van der Waals surface area contributed by atoms with E-state index in [1.807, 2.05) is 34.6 Å². The van der Waals surface area contributed by atoms with Crippen molar-refractivity contribution in [3.63, 3.8) is 0 Å². The lowest BCUT2D eigenvalue weighted by atomic mass is 9.89. The fourth-order valence-electron chi connectivity index (χ4n) is 2.17. The molecule has 0 unspecified atom stereocenters. The van der Waals surface area contributed by atoms with Crippen LogP contribution in [0.25, 0.3) is 0 Å². The normalized spacial score (nSPS) is 12.1. The molecule has 0 saturated heterocycles. The van der Waals surface area contributed by atoms with Gasteiger partial charge in [-0.1, -0.05) is 0 Å². The molecule has 2 N–H and O–H groups in total. The van der Waals surface area contributed by atoms with E-state index >= 15 is 0 Å². The van der Waals surface area contributed by atoms with Crippen LogP contribution in [0.1, 0.15) is 45.1 Å². The monoisotopic (exact) mass is 263 g/mol. The molecule has 0 fully saturated rings. The minimum absolute atomic E-state index is 0.323. The quantitative estimate of drug-likeness (QED) is 0.880. The second-order valence-corrected chi connectivity index (χ2v) is 5.03. The van der Waals surface area contributed by atoms with Gasteiger partial charge in [-0.2, -0.15) is 0 Å². The lowest BCUT2D eigenvalue weighted by Crippen LogP contribution is -2.39. The highest BCUT2D eigenvalue weighted by molar-refractivity contribution is 5.99. The highest BCUT2D eigenvalue weighted by Crippen LogP contribution is 2.25. The molecule has 1 atom stereocenters. The van der Waals surface area contributed by atoms with E-state index in [9.17, 15) is 9.59 Å². The maximum absolute atomic E-state index is 12.2. The number of carbonyl (C=O) groups is 2. The Labute approximate surface area is 113 Å². The predicted octanol–water partition coefficient (Wildman–Crippen LogP) is 2.43. The van der Waals surface area contributed by atoms with Crippen LogP contribution >= 0.6 is 0 Å². The summed E-state index contributed by atoms with van der Waals surface area (Å²) in [7, 11) is 0. The Kier molecular flexibility index (Phi) is 4.35. The van der Waals surface area contributed by atoms with Crippen LogP contribution in [0.3, 0.4) is 0 Å². The summed E-state index contributed by atoms with van der Waals surface area (Å²) in [5.41, 5.74) is 5.75. The van der Waals surface area contributed by atoms with Gasteiger partial charge >= 0.3 is 5.97 Å². The number of benzene rings is 1. The Morgan fingerprint density at radius 2 is 1.26 bits per heavy atom. The number of hydrogen-bond acceptors (Lipinski definition) is 2. The van der Waals surface area contributed by atoms with Gasteiger partial charge in [0, 0.05) is 5.56 Å². The highest BCUT2D eigenvalue weighted by Gasteiger charge is 2.21. The topological polar surface area (TPSA) is 66.4 Å². The van der Waals surface area contributed by atoms with Gasteiger partial charge in [0.25, 0.3) is 5.91 Å². The zero-order valence-electron chi connectivity index (χ0n) is 12.3. The number of carbonyl (C=O) groups excluding carboxylic acids is 1. The molecule has 1 aromatic carbocycles. The van der Waals surface area contributed by atoms with Crippen LogP contribution in [0, 0.1) is 34.6 Å². The lowest BCUT2D eigenvalue weighted by molar-refractivity contribution is -0.138. The zero-order valence-corrected chi connectivity index (χ0v) is 12.3. The third kappa shape index (κ3) is 2.78. The number of carboxylic acids is 1. The highest BCUT2D eigenvalue weighted by atomic mass is 16.4. The Bertz CT molecular complexity index is 518. The fourth-order valence-corrected chi connectivity index (χ4v) is 2.17. The molecule has 0 radical (unpaired) electrons. The first-order valence-corrected chi connectivity index (χ1v) is 6.29. The van der Waals surface area contributed by atoms with Gasteiger partial charge < -0.3 is 10.4 Å². The lowest BCUT2D eigenvalue weighted by Gasteiger charge is -2.19. The van der Waals surface area contributed by atoms with Gasteiger partial charge in [0.15, 0.2) is 0 Å². The van der Waals surface area contributed by atoms with Crippen molar-refractivity contribution in [2.45, 2.75) is 47.6 Å². The predicted molar refractivity (Wildman–Crippen MR) is 74.7 cm³/mol. The summed E-state index contributed by atoms with van der Waals surface area (Å²) in [5, 5.41) is 11.4. The molecule has 0 bridgehead atoms. The smallest absolute Gasteiger partial charge is 0.325 e. The van der Waals surface area contributed by atoms with E-state index in [-0.39, 0.29) is 5.91 Å². The van der Waals surface area contributed by atoms with E-state index in [0.717, 1.165) is 22.3 Å². The van der Waals surface area contributed by atoms with E-state index < -0.39 is 12.0 Å². The van der Waals surface area contributed by atoms with Crippen molar-refractivity contribution in [3.8, 4) is 0 Å². The summed E-state index contributed by atoms with van der Waals surface area (Å²) in [6.45, 7) is 11.2. The molecule has 0 aliphatic heterocycles. The van der Waals surface area contributed by atoms with Crippen molar-refractivity contribution < 1.29 is 14.7 Å². The van der Waals surface area contributed by atoms with Crippen molar-refractivity contribution >= 4 is 11.9 Å². The third-order valence-electron chi connectivity index (χ3n) is 3.95. The summed E-state index contributed by atoms with van der Waals surface area (Å²) in [6, 6.07) is -0.895. The Hall–Kier alpha value is -1.84. The first-order valence-electron chi connectivity index (χ1n) is 6.29. The van der Waals surface area contributed by atoms with Crippen LogP contribution in [0.5, 0.6) is 0 Å². The van der Waals surface area contributed by atoms with Crippen molar-refractivity contribution in [1.29, 1.82) is 0 Å². The molecule has 0 aliphatic carbocycles. The van der Waals surface area contributed by atoms with Crippen LogP contribution < -0.4 is 5.32 Å². The van der Waals surface area contributed by atoms with Crippen molar-refractivity contribution in [2.24, 2.45) is 0 Å². The SMILES string of the molecule is Cc1c(C)c(C)c(C(=O)N[C@H](C)C(=O)O)c(C)c1C. The third-order valence-corrected chi connectivity index (χ3v) is 3.95. The maximum Gasteiger partial charge on any atom is 0.325 e. The van der Waals surface area contributed by atoms with Gasteiger partial charge in [0.2, 0.25) is 0 Å². The molecule has 0 heterocycles. The van der Waals surface area contributed by atoms with E-state index in [0.29, 0.717) is 5.56 Å². The molecule has 19 heavy (non-hydrogen) atoms. The van der Waals surface area contributed by atoms with Crippen molar-refractivity contribution in [2.75, 3.05) is 0 Å². The Morgan fingerprint density at radius 3 is 1.63 bits per heavy atom. The number of aliphatic carboxylic acids is 1. The molecule has 1 aromatic rings. The van der Waals surface area contributed by atoms with Gasteiger partial charge in [-0.05, 0) is 69.4 Å². The number of carboxylic acid groups (broad SMARTS) is 1. The van der Waals surface area contributed by atoms with Crippen molar-refractivity contribution in [3.05, 3.63) is 33.4 Å². The second-order valence-electron chi connectivity index (χ2n) is 5.03. The zero-order chi connectivity index (χ0) is 14.9. The minimum atomic E-state index is -1.04. The van der Waals surface area contributed by atoms with Crippen LogP contribution in [0.4, 0.5) is 0 Å². The molecule has 4 heteroatoms. The van der Waals surface area contributed by atoms with Gasteiger partial charge in [-0.3, -0.25) is 9.59 Å². The summed E-state index contributed by atoms with van der Waals surface area (Å²) < 4.78 is 0. The summed E-state index contributed by atoms with van der Waals surface area (Å²) in [4.78, 5) is 23.1. The minimum Gasteiger partial charge on any atom is -0.480 e. The van der Waals surface area contributed by atoms with Crippen LogP contribution in [0.2, 0.25) is 0 Å². The standard InChI is InChI=1S/C15H21NO3/c1-7-8(2)10(4)13(11(5)9(7)3)14(17)16-12(6)15(18)19/h12H,1-6H3,(H,16,17)(H,18,19)/t12-/m1/s1. The molecule has 0 saturated carbocycles. The second kappa shape index (κ2) is 5.43.